The number of rotatable bonds is 11. The molecule has 5 rings (SSSR count). The highest BCUT2D eigenvalue weighted by molar-refractivity contribution is 5.73. The van der Waals surface area contributed by atoms with Crippen molar-refractivity contribution in [2.75, 3.05) is 0 Å². The summed E-state index contributed by atoms with van der Waals surface area (Å²) in [6, 6.07) is 21.5. The molecule has 0 atom stereocenters. The number of hydrogen-bond donors (Lipinski definition) is 0. The van der Waals surface area contributed by atoms with E-state index in [4.69, 9.17) is 4.74 Å². The maximum atomic E-state index is 15.2. The number of nitrogens with zero attached hydrogens (tertiary/aromatic N) is 1. The van der Waals surface area contributed by atoms with Crippen molar-refractivity contribution in [1.82, 2.24) is 4.98 Å². The largest absolute Gasteiger partial charge is 0.429 e. The average Bonchev–Trinajstić information content (AvgIpc) is 3.01. The van der Waals surface area contributed by atoms with Crippen LogP contribution in [0.5, 0.6) is 5.75 Å². The maximum Gasteiger partial charge on any atom is 0.426 e. The number of aryl methyl sites for hydroxylation is 2. The fourth-order valence-electron chi connectivity index (χ4n) is 5.08. The van der Waals surface area contributed by atoms with Gasteiger partial charge in [0.25, 0.3) is 0 Å². The van der Waals surface area contributed by atoms with Gasteiger partial charge in [0.05, 0.1) is 11.3 Å². The number of aromatic nitrogens is 1. The number of halogens is 5. The molecule has 1 aromatic heterocycles. The summed E-state index contributed by atoms with van der Waals surface area (Å²) in [6.45, 7) is 3.92. The molecule has 0 fully saturated rings. The third-order valence-corrected chi connectivity index (χ3v) is 7.62. The van der Waals surface area contributed by atoms with Gasteiger partial charge in [-0.15, -0.1) is 0 Å². The van der Waals surface area contributed by atoms with Gasteiger partial charge in [-0.25, -0.2) is 13.2 Å². The zero-order chi connectivity index (χ0) is 31.3. The molecule has 0 radical (unpaired) electrons. The van der Waals surface area contributed by atoms with E-state index < -0.39 is 29.1 Å². The van der Waals surface area contributed by atoms with Crippen LogP contribution in [0.2, 0.25) is 0 Å². The van der Waals surface area contributed by atoms with Crippen LogP contribution in [0.1, 0.15) is 49.8 Å². The first-order chi connectivity index (χ1) is 21.2. The van der Waals surface area contributed by atoms with Crippen molar-refractivity contribution in [2.24, 2.45) is 0 Å². The molecule has 44 heavy (non-hydrogen) atoms. The SMILES string of the molecule is CCCCCc1ccc(-c2ccc(-c3ccc(-c4ccc(C(F)(F)Oc5ccc(CC)c(F)c5)cc4)c(F)c3)c(F)c2)nc1. The Balaban J connectivity index is 1.30. The van der Waals surface area contributed by atoms with Gasteiger partial charge in [0.2, 0.25) is 0 Å². The summed E-state index contributed by atoms with van der Waals surface area (Å²) in [6.07, 6.45) is 2.87. The molecular weight excluding hydrogens is 569 g/mol. The van der Waals surface area contributed by atoms with Crippen LogP contribution >= 0.6 is 0 Å². The topological polar surface area (TPSA) is 22.1 Å². The number of alkyl halides is 2. The molecule has 0 saturated carbocycles. The summed E-state index contributed by atoms with van der Waals surface area (Å²) < 4.78 is 78.8. The predicted molar refractivity (Wildman–Crippen MR) is 164 cm³/mol. The molecule has 0 aliphatic rings. The second kappa shape index (κ2) is 13.4. The number of ether oxygens (including phenoxy) is 1. The van der Waals surface area contributed by atoms with Crippen LogP contribution in [-0.4, -0.2) is 4.98 Å². The van der Waals surface area contributed by atoms with Crippen molar-refractivity contribution in [3.05, 3.63) is 131 Å². The number of hydrogen-bond acceptors (Lipinski definition) is 2. The Morgan fingerprint density at radius 3 is 1.93 bits per heavy atom. The van der Waals surface area contributed by atoms with Gasteiger partial charge in [-0.2, -0.15) is 8.78 Å². The van der Waals surface area contributed by atoms with Crippen LogP contribution in [0.3, 0.4) is 0 Å². The summed E-state index contributed by atoms with van der Waals surface area (Å²) >= 11 is 0. The van der Waals surface area contributed by atoms with Gasteiger partial charge in [-0.3, -0.25) is 4.98 Å². The molecule has 0 saturated heterocycles. The number of benzene rings is 4. The second-order valence-corrected chi connectivity index (χ2v) is 10.7. The van der Waals surface area contributed by atoms with E-state index >= 15 is 8.78 Å². The molecule has 4 aromatic carbocycles. The molecule has 0 spiro atoms. The van der Waals surface area contributed by atoms with Gasteiger partial charge in [0, 0.05) is 29.0 Å². The molecule has 0 bridgehead atoms. The van der Waals surface area contributed by atoms with Crippen molar-refractivity contribution in [1.29, 1.82) is 0 Å². The minimum atomic E-state index is -3.74. The van der Waals surface area contributed by atoms with Gasteiger partial charge in [0.1, 0.15) is 23.2 Å². The smallest absolute Gasteiger partial charge is 0.426 e. The summed E-state index contributed by atoms with van der Waals surface area (Å²) in [4.78, 5) is 4.49. The highest BCUT2D eigenvalue weighted by Crippen LogP contribution is 2.35. The average molecular weight is 602 g/mol. The molecule has 0 aliphatic heterocycles. The van der Waals surface area contributed by atoms with Crippen molar-refractivity contribution >= 4 is 0 Å². The number of pyridine rings is 1. The lowest BCUT2D eigenvalue weighted by Gasteiger charge is -2.19. The van der Waals surface area contributed by atoms with E-state index in [-0.39, 0.29) is 16.9 Å². The fraction of sp³-hybridized carbons (Fsp3) is 0.216. The quantitative estimate of drug-likeness (QED) is 0.111. The van der Waals surface area contributed by atoms with E-state index in [1.165, 1.54) is 42.5 Å². The highest BCUT2D eigenvalue weighted by atomic mass is 19.3. The Morgan fingerprint density at radius 2 is 1.32 bits per heavy atom. The van der Waals surface area contributed by atoms with E-state index in [0.29, 0.717) is 34.4 Å². The van der Waals surface area contributed by atoms with Gasteiger partial charge >= 0.3 is 6.11 Å². The van der Waals surface area contributed by atoms with Gasteiger partial charge in [0.15, 0.2) is 0 Å². The fourth-order valence-corrected chi connectivity index (χ4v) is 5.08. The third-order valence-electron chi connectivity index (χ3n) is 7.62. The van der Waals surface area contributed by atoms with Crippen molar-refractivity contribution < 1.29 is 26.7 Å². The van der Waals surface area contributed by atoms with E-state index in [1.807, 2.05) is 18.3 Å². The molecule has 1 heterocycles. The molecule has 7 heteroatoms. The van der Waals surface area contributed by atoms with Gasteiger partial charge in [-0.05, 0) is 77.9 Å². The van der Waals surface area contributed by atoms with E-state index in [0.717, 1.165) is 49.4 Å². The minimum Gasteiger partial charge on any atom is -0.429 e. The Morgan fingerprint density at radius 1 is 0.659 bits per heavy atom. The third kappa shape index (κ3) is 6.99. The van der Waals surface area contributed by atoms with Crippen LogP contribution < -0.4 is 4.74 Å². The molecule has 0 aliphatic carbocycles. The van der Waals surface area contributed by atoms with Crippen molar-refractivity contribution in [3.8, 4) is 39.3 Å². The lowest BCUT2D eigenvalue weighted by molar-refractivity contribution is -0.185. The van der Waals surface area contributed by atoms with Crippen LogP contribution in [0.15, 0.2) is 97.2 Å². The molecule has 0 unspecified atom stereocenters. The zero-order valence-corrected chi connectivity index (χ0v) is 24.5. The van der Waals surface area contributed by atoms with E-state index in [1.54, 1.807) is 25.1 Å². The molecule has 5 aromatic rings. The summed E-state index contributed by atoms with van der Waals surface area (Å²) in [5, 5.41) is 0. The molecular formula is C37H32F5NO. The summed E-state index contributed by atoms with van der Waals surface area (Å²) in [7, 11) is 0. The lowest BCUT2D eigenvalue weighted by atomic mass is 9.97. The monoisotopic (exact) mass is 601 g/mol. The van der Waals surface area contributed by atoms with Crippen LogP contribution in [0.4, 0.5) is 22.0 Å². The first-order valence-electron chi connectivity index (χ1n) is 14.7. The Labute approximate surface area is 254 Å². The second-order valence-electron chi connectivity index (χ2n) is 10.7. The van der Waals surface area contributed by atoms with Crippen molar-refractivity contribution in [2.45, 2.75) is 52.1 Å². The standard InChI is InChI=1S/C37H32F5NO/c1-3-5-6-7-24-8-19-36(43-23-24)28-13-18-32(35(40)21-28)27-12-17-31(34(39)20-27)26-9-14-29(15-10-26)37(41,42)44-30-16-11-25(4-2)33(38)22-30/h8-23H,3-7H2,1-2H3. The Hall–Kier alpha value is -4.52. The number of unbranched alkanes of at least 4 members (excludes halogenated alkanes) is 2. The summed E-state index contributed by atoms with van der Waals surface area (Å²) in [5.74, 6) is -2.07. The van der Waals surface area contributed by atoms with E-state index in [2.05, 4.69) is 11.9 Å². The van der Waals surface area contributed by atoms with Crippen LogP contribution in [-0.2, 0) is 19.0 Å². The van der Waals surface area contributed by atoms with Crippen molar-refractivity contribution in [3.63, 3.8) is 0 Å². The Bertz CT molecular complexity index is 1730. The van der Waals surface area contributed by atoms with Gasteiger partial charge in [-0.1, -0.05) is 75.2 Å². The molecule has 2 nitrogen and oxygen atoms in total. The zero-order valence-electron chi connectivity index (χ0n) is 24.5. The predicted octanol–water partition coefficient (Wildman–Crippen LogP) is 10.9. The molecule has 0 N–H and O–H groups in total. The highest BCUT2D eigenvalue weighted by Gasteiger charge is 2.34. The normalized spacial score (nSPS) is 11.5. The maximum absolute atomic E-state index is 15.2. The Kier molecular flexibility index (Phi) is 9.43. The lowest BCUT2D eigenvalue weighted by Crippen LogP contribution is -2.21. The summed E-state index contributed by atoms with van der Waals surface area (Å²) in [5.41, 5.74) is 3.42. The van der Waals surface area contributed by atoms with Crippen LogP contribution in [0, 0.1) is 17.5 Å². The van der Waals surface area contributed by atoms with E-state index in [9.17, 15) is 13.2 Å². The van der Waals surface area contributed by atoms with Crippen LogP contribution in [0.25, 0.3) is 33.5 Å². The molecule has 226 valence electrons. The molecule has 0 amide bonds. The van der Waals surface area contributed by atoms with Gasteiger partial charge < -0.3 is 4.74 Å². The minimum absolute atomic E-state index is 0.169. The first kappa shape index (κ1) is 30.9. The first-order valence-corrected chi connectivity index (χ1v) is 14.7.